The Morgan fingerprint density at radius 3 is 2.59 bits per heavy atom. The number of nitrogens with zero attached hydrogens (tertiary/aromatic N) is 2. The Labute approximate surface area is 159 Å². The van der Waals surface area contributed by atoms with E-state index < -0.39 is 10.0 Å². The SMILES string of the molecule is Cn1c(CC[NH+]2CCCC2)nc2cc(NS(=O)(=O)c3ccccc3)ccc21. The van der Waals surface area contributed by atoms with E-state index in [4.69, 9.17) is 4.98 Å². The van der Waals surface area contributed by atoms with Crippen LogP contribution in [0.4, 0.5) is 5.69 Å². The fraction of sp³-hybridized carbons (Fsp3) is 0.350. The smallest absolute Gasteiger partial charge is 0.261 e. The molecule has 6 nitrogen and oxygen atoms in total. The maximum absolute atomic E-state index is 12.5. The molecule has 7 heteroatoms. The zero-order valence-corrected chi connectivity index (χ0v) is 16.3. The van der Waals surface area contributed by atoms with Crippen molar-refractivity contribution in [3.63, 3.8) is 0 Å². The molecule has 4 rings (SSSR count). The molecule has 0 saturated carbocycles. The lowest BCUT2D eigenvalue weighted by molar-refractivity contribution is -0.887. The molecular weight excluding hydrogens is 360 g/mol. The van der Waals surface area contributed by atoms with E-state index in [1.165, 1.54) is 25.9 Å². The summed E-state index contributed by atoms with van der Waals surface area (Å²) < 4.78 is 29.8. The van der Waals surface area contributed by atoms with Gasteiger partial charge in [-0.2, -0.15) is 0 Å². The second-order valence-corrected chi connectivity index (χ2v) is 8.85. The van der Waals surface area contributed by atoms with Crippen molar-refractivity contribution in [1.29, 1.82) is 0 Å². The molecule has 0 unspecified atom stereocenters. The predicted octanol–water partition coefficient (Wildman–Crippen LogP) is 1.60. The van der Waals surface area contributed by atoms with Crippen LogP contribution in [-0.4, -0.2) is 37.6 Å². The number of hydrogen-bond acceptors (Lipinski definition) is 3. The van der Waals surface area contributed by atoms with Crippen molar-refractivity contribution < 1.29 is 13.3 Å². The molecule has 142 valence electrons. The van der Waals surface area contributed by atoms with Gasteiger partial charge in [0.1, 0.15) is 5.82 Å². The molecule has 0 spiro atoms. The van der Waals surface area contributed by atoms with Crippen molar-refractivity contribution in [3.8, 4) is 0 Å². The van der Waals surface area contributed by atoms with Crippen LogP contribution >= 0.6 is 0 Å². The van der Waals surface area contributed by atoms with Crippen molar-refractivity contribution in [3.05, 3.63) is 54.4 Å². The van der Waals surface area contributed by atoms with Crippen LogP contribution in [0.5, 0.6) is 0 Å². The van der Waals surface area contributed by atoms with Crippen LogP contribution in [0.3, 0.4) is 0 Å². The first-order chi connectivity index (χ1) is 13.0. The molecule has 3 aromatic rings. The first-order valence-corrected chi connectivity index (χ1v) is 10.9. The number of sulfonamides is 1. The van der Waals surface area contributed by atoms with Gasteiger partial charge >= 0.3 is 0 Å². The Hall–Kier alpha value is -2.38. The molecule has 0 bridgehead atoms. The van der Waals surface area contributed by atoms with E-state index in [1.54, 1.807) is 41.3 Å². The summed E-state index contributed by atoms with van der Waals surface area (Å²) in [5.74, 6) is 1.05. The van der Waals surface area contributed by atoms with Crippen molar-refractivity contribution in [2.24, 2.45) is 7.05 Å². The number of aromatic nitrogens is 2. The average Bonchev–Trinajstić information content (AvgIpc) is 3.28. The van der Waals surface area contributed by atoms with Gasteiger partial charge in [0.15, 0.2) is 0 Å². The van der Waals surface area contributed by atoms with E-state index in [0.29, 0.717) is 5.69 Å². The zero-order valence-electron chi connectivity index (χ0n) is 15.5. The van der Waals surface area contributed by atoms with E-state index in [1.807, 2.05) is 19.2 Å². The van der Waals surface area contributed by atoms with Crippen molar-refractivity contribution in [2.45, 2.75) is 24.2 Å². The number of quaternary nitrogens is 1. The molecule has 2 N–H and O–H groups in total. The third-order valence-electron chi connectivity index (χ3n) is 5.29. The second kappa shape index (κ2) is 7.32. The summed E-state index contributed by atoms with van der Waals surface area (Å²) in [6.07, 6.45) is 3.58. The van der Waals surface area contributed by atoms with Gasteiger partial charge in [-0.25, -0.2) is 13.4 Å². The highest BCUT2D eigenvalue weighted by atomic mass is 32.2. The summed E-state index contributed by atoms with van der Waals surface area (Å²) in [5.41, 5.74) is 2.36. The van der Waals surface area contributed by atoms with Gasteiger partial charge in [0.25, 0.3) is 10.0 Å². The van der Waals surface area contributed by atoms with Crippen molar-refractivity contribution in [2.75, 3.05) is 24.4 Å². The average molecular weight is 386 g/mol. The number of hydrogen-bond donors (Lipinski definition) is 2. The van der Waals surface area contributed by atoms with E-state index in [9.17, 15) is 8.42 Å². The van der Waals surface area contributed by atoms with Gasteiger partial charge in [0.05, 0.1) is 47.7 Å². The van der Waals surface area contributed by atoms with Crippen LogP contribution in [-0.2, 0) is 23.5 Å². The summed E-state index contributed by atoms with van der Waals surface area (Å²) in [7, 11) is -1.57. The van der Waals surface area contributed by atoms with Crippen LogP contribution in [0.15, 0.2) is 53.4 Å². The number of likely N-dealkylation sites (tertiary alicyclic amines) is 1. The van der Waals surface area contributed by atoms with Gasteiger partial charge in [-0.15, -0.1) is 0 Å². The second-order valence-electron chi connectivity index (χ2n) is 7.17. The quantitative estimate of drug-likeness (QED) is 0.677. The van der Waals surface area contributed by atoms with Gasteiger partial charge in [-0.3, -0.25) is 4.72 Å². The molecule has 1 saturated heterocycles. The number of fused-ring (bicyclic) bond motifs is 1. The van der Waals surface area contributed by atoms with Crippen LogP contribution in [0.25, 0.3) is 11.0 Å². The number of anilines is 1. The number of benzene rings is 2. The molecule has 1 fully saturated rings. The molecule has 1 aliphatic heterocycles. The Kier molecular flexibility index (Phi) is 4.88. The largest absolute Gasteiger partial charge is 0.335 e. The summed E-state index contributed by atoms with van der Waals surface area (Å²) in [4.78, 5) is 6.65. The van der Waals surface area contributed by atoms with Gasteiger partial charge in [-0.1, -0.05) is 18.2 Å². The molecule has 0 radical (unpaired) electrons. The highest BCUT2D eigenvalue weighted by Crippen LogP contribution is 2.22. The topological polar surface area (TPSA) is 68.4 Å². The van der Waals surface area contributed by atoms with E-state index in [-0.39, 0.29) is 4.90 Å². The number of aryl methyl sites for hydroxylation is 1. The first-order valence-electron chi connectivity index (χ1n) is 9.40. The molecule has 0 aliphatic carbocycles. The standard InChI is InChI=1S/C20H24N4O2S/c1-23-19-10-9-16(22-27(25,26)17-7-3-2-4-8-17)15-18(19)21-20(23)11-14-24-12-5-6-13-24/h2-4,7-10,15,22H,5-6,11-14H2,1H3/p+1. The summed E-state index contributed by atoms with van der Waals surface area (Å²) in [6, 6.07) is 13.9. The molecule has 1 aliphatic rings. The Bertz CT molecular complexity index is 1040. The normalized spacial score (nSPS) is 15.4. The summed E-state index contributed by atoms with van der Waals surface area (Å²) in [5, 5.41) is 0. The predicted molar refractivity (Wildman–Crippen MR) is 106 cm³/mol. The summed E-state index contributed by atoms with van der Waals surface area (Å²) in [6.45, 7) is 3.62. The van der Waals surface area contributed by atoms with Crippen molar-refractivity contribution in [1.82, 2.24) is 9.55 Å². The molecule has 2 heterocycles. The highest BCUT2D eigenvalue weighted by Gasteiger charge is 2.18. The Morgan fingerprint density at radius 2 is 1.85 bits per heavy atom. The van der Waals surface area contributed by atoms with Crippen LogP contribution in [0.2, 0.25) is 0 Å². The lowest BCUT2D eigenvalue weighted by Crippen LogP contribution is -3.10. The minimum atomic E-state index is -3.59. The Balaban J connectivity index is 1.55. The first kappa shape index (κ1) is 18.0. The highest BCUT2D eigenvalue weighted by molar-refractivity contribution is 7.92. The molecule has 2 aromatic carbocycles. The maximum Gasteiger partial charge on any atom is 0.261 e. The number of imidazole rings is 1. The third-order valence-corrected chi connectivity index (χ3v) is 6.69. The van der Waals surface area contributed by atoms with E-state index in [0.717, 1.165) is 29.8 Å². The molecule has 0 amide bonds. The van der Waals surface area contributed by atoms with Crippen LogP contribution < -0.4 is 9.62 Å². The van der Waals surface area contributed by atoms with Gasteiger partial charge in [0.2, 0.25) is 0 Å². The fourth-order valence-corrected chi connectivity index (χ4v) is 4.83. The summed E-state index contributed by atoms with van der Waals surface area (Å²) >= 11 is 0. The van der Waals surface area contributed by atoms with Gasteiger partial charge in [-0.05, 0) is 30.3 Å². The Morgan fingerprint density at radius 1 is 1.11 bits per heavy atom. The number of nitrogens with one attached hydrogen (secondary N) is 2. The van der Waals surface area contributed by atoms with Crippen LogP contribution in [0.1, 0.15) is 18.7 Å². The van der Waals surface area contributed by atoms with Gasteiger partial charge in [0, 0.05) is 19.9 Å². The van der Waals surface area contributed by atoms with E-state index in [2.05, 4.69) is 9.29 Å². The van der Waals surface area contributed by atoms with Gasteiger partial charge < -0.3 is 9.47 Å². The minimum Gasteiger partial charge on any atom is -0.335 e. The van der Waals surface area contributed by atoms with Crippen LogP contribution in [0, 0.1) is 0 Å². The maximum atomic E-state index is 12.5. The van der Waals surface area contributed by atoms with Crippen molar-refractivity contribution >= 4 is 26.7 Å². The molecular formula is C20H25N4O2S+. The van der Waals surface area contributed by atoms with E-state index >= 15 is 0 Å². The molecule has 1 aromatic heterocycles. The third kappa shape index (κ3) is 3.84. The lowest BCUT2D eigenvalue weighted by atomic mass is 10.3. The zero-order chi connectivity index (χ0) is 18.9. The monoisotopic (exact) mass is 385 g/mol. The lowest BCUT2D eigenvalue weighted by Gasteiger charge is -2.11. The molecule has 27 heavy (non-hydrogen) atoms. The molecule has 0 atom stereocenters. The fourth-order valence-electron chi connectivity index (χ4n) is 3.76. The number of rotatable bonds is 6. The minimum absolute atomic E-state index is 0.250.